The van der Waals surface area contributed by atoms with Crippen molar-refractivity contribution in [3.8, 4) is 22.8 Å². The minimum atomic E-state index is -1.06. The average molecular weight is 480 g/mol. The first-order chi connectivity index (χ1) is 16.9. The van der Waals surface area contributed by atoms with Crippen LogP contribution in [0.4, 0.5) is 14.7 Å². The molecule has 0 unspecified atom stereocenters. The molecule has 0 radical (unpaired) electrons. The van der Waals surface area contributed by atoms with Crippen LogP contribution in [0.15, 0.2) is 42.7 Å². The molecule has 1 fully saturated rings. The summed E-state index contributed by atoms with van der Waals surface area (Å²) < 4.78 is 40.9. The highest BCUT2D eigenvalue weighted by Crippen LogP contribution is 2.32. The Bertz CT molecular complexity index is 1420. The normalized spacial score (nSPS) is 13.1. The number of benzene rings is 1. The van der Waals surface area contributed by atoms with Gasteiger partial charge >= 0.3 is 0 Å². The van der Waals surface area contributed by atoms with Crippen LogP contribution in [0.1, 0.15) is 28.8 Å². The Morgan fingerprint density at radius 1 is 1.23 bits per heavy atom. The molecule has 3 aromatic heterocycles. The van der Waals surface area contributed by atoms with Crippen molar-refractivity contribution in [1.29, 1.82) is 0 Å². The van der Waals surface area contributed by atoms with E-state index in [2.05, 4.69) is 20.4 Å². The largest absolute Gasteiger partial charge is 0.493 e. The molecule has 0 atom stereocenters. The van der Waals surface area contributed by atoms with Crippen LogP contribution in [0.25, 0.3) is 16.8 Å². The standard InChI is InChI=1S/C24H22F2N6O3/c1-34-23-16(8-15(10-29-23)14-6-7-32-20(9-14)30-24(27)31-32)22(33)28-11-17-19(35-12-13-2-3-13)5-4-18(25)21(17)26/h4-10,13H,2-3,11-12H2,1H3,(H2,27,31)(H,28,33). The highest BCUT2D eigenvalue weighted by molar-refractivity contribution is 5.97. The summed E-state index contributed by atoms with van der Waals surface area (Å²) in [5, 5.41) is 6.66. The van der Waals surface area contributed by atoms with Gasteiger partial charge in [0.15, 0.2) is 17.3 Å². The molecule has 0 aliphatic heterocycles. The molecule has 0 spiro atoms. The summed E-state index contributed by atoms with van der Waals surface area (Å²) in [5.74, 6) is -1.78. The van der Waals surface area contributed by atoms with E-state index in [1.807, 2.05) is 0 Å². The molecule has 1 aliphatic carbocycles. The number of aromatic nitrogens is 4. The minimum Gasteiger partial charge on any atom is -0.493 e. The molecule has 1 aliphatic rings. The smallest absolute Gasteiger partial charge is 0.257 e. The van der Waals surface area contributed by atoms with Gasteiger partial charge in [0.2, 0.25) is 11.8 Å². The number of methoxy groups -OCH3 is 1. The number of hydrogen-bond acceptors (Lipinski definition) is 7. The number of nitrogen functional groups attached to an aromatic ring is 1. The first-order valence-electron chi connectivity index (χ1n) is 11.0. The van der Waals surface area contributed by atoms with Gasteiger partial charge in [0.1, 0.15) is 11.3 Å². The van der Waals surface area contributed by atoms with E-state index >= 15 is 0 Å². The summed E-state index contributed by atoms with van der Waals surface area (Å²) in [6.07, 6.45) is 5.34. The maximum atomic E-state index is 14.6. The van der Waals surface area contributed by atoms with Crippen molar-refractivity contribution in [1.82, 2.24) is 24.9 Å². The lowest BCUT2D eigenvalue weighted by atomic mass is 10.1. The van der Waals surface area contributed by atoms with Gasteiger partial charge in [-0.25, -0.2) is 18.3 Å². The van der Waals surface area contributed by atoms with Crippen molar-refractivity contribution in [3.63, 3.8) is 0 Å². The molecular weight excluding hydrogens is 458 g/mol. The summed E-state index contributed by atoms with van der Waals surface area (Å²) in [7, 11) is 1.39. The molecule has 9 nitrogen and oxygen atoms in total. The Morgan fingerprint density at radius 3 is 2.83 bits per heavy atom. The fraction of sp³-hybridized carbons (Fsp3) is 0.250. The zero-order valence-electron chi connectivity index (χ0n) is 18.8. The number of fused-ring (bicyclic) bond motifs is 1. The van der Waals surface area contributed by atoms with Gasteiger partial charge in [0.05, 0.1) is 19.3 Å². The second-order valence-corrected chi connectivity index (χ2v) is 8.24. The average Bonchev–Trinajstić information content (AvgIpc) is 3.61. The number of ether oxygens (including phenoxy) is 2. The van der Waals surface area contributed by atoms with Gasteiger partial charge in [0, 0.05) is 24.5 Å². The lowest BCUT2D eigenvalue weighted by Gasteiger charge is -2.14. The number of hydrogen-bond donors (Lipinski definition) is 2. The summed E-state index contributed by atoms with van der Waals surface area (Å²) in [6, 6.07) is 7.51. The molecule has 180 valence electrons. The van der Waals surface area contributed by atoms with E-state index in [4.69, 9.17) is 15.2 Å². The maximum Gasteiger partial charge on any atom is 0.257 e. The lowest BCUT2D eigenvalue weighted by Crippen LogP contribution is -2.25. The highest BCUT2D eigenvalue weighted by Gasteiger charge is 2.24. The number of rotatable bonds is 8. The van der Waals surface area contributed by atoms with Crippen LogP contribution in [-0.4, -0.2) is 39.2 Å². The van der Waals surface area contributed by atoms with Crippen LogP contribution in [0.2, 0.25) is 0 Å². The SMILES string of the molecule is COc1ncc(-c2ccn3nc(N)nc3c2)cc1C(=O)NCc1c(OCC2CC2)ccc(F)c1F. The van der Waals surface area contributed by atoms with Crippen molar-refractivity contribution in [2.24, 2.45) is 5.92 Å². The molecule has 35 heavy (non-hydrogen) atoms. The number of anilines is 1. The van der Waals surface area contributed by atoms with Gasteiger partial charge in [-0.15, -0.1) is 5.10 Å². The van der Waals surface area contributed by atoms with E-state index in [0.717, 1.165) is 24.5 Å². The number of halogens is 2. The summed E-state index contributed by atoms with van der Waals surface area (Å²) >= 11 is 0. The monoisotopic (exact) mass is 480 g/mol. The molecule has 11 heteroatoms. The van der Waals surface area contributed by atoms with Crippen LogP contribution < -0.4 is 20.5 Å². The van der Waals surface area contributed by atoms with Gasteiger partial charge in [0.25, 0.3) is 5.91 Å². The number of amides is 1. The number of carbonyl (C=O) groups excluding carboxylic acids is 1. The zero-order chi connectivity index (χ0) is 24.5. The van der Waals surface area contributed by atoms with Gasteiger partial charge in [-0.1, -0.05) is 0 Å². The Hall–Kier alpha value is -4.28. The lowest BCUT2D eigenvalue weighted by molar-refractivity contribution is 0.0946. The maximum absolute atomic E-state index is 14.6. The molecule has 3 N–H and O–H groups in total. The van der Waals surface area contributed by atoms with Crippen LogP contribution in [0.3, 0.4) is 0 Å². The fourth-order valence-electron chi connectivity index (χ4n) is 3.64. The Kier molecular flexibility index (Phi) is 5.89. The van der Waals surface area contributed by atoms with Crippen LogP contribution in [-0.2, 0) is 6.54 Å². The van der Waals surface area contributed by atoms with Gasteiger partial charge in [-0.2, -0.15) is 4.98 Å². The molecule has 1 aromatic carbocycles. The molecule has 4 aromatic rings. The van der Waals surface area contributed by atoms with E-state index in [0.29, 0.717) is 23.7 Å². The van der Waals surface area contributed by atoms with E-state index < -0.39 is 17.5 Å². The second kappa shape index (κ2) is 9.16. The fourth-order valence-corrected chi connectivity index (χ4v) is 3.64. The van der Waals surface area contributed by atoms with E-state index in [9.17, 15) is 13.6 Å². The summed E-state index contributed by atoms with van der Waals surface area (Å²) in [6.45, 7) is 0.147. The number of nitrogens with one attached hydrogen (secondary N) is 1. The highest BCUT2D eigenvalue weighted by atomic mass is 19.2. The molecule has 0 bridgehead atoms. The minimum absolute atomic E-state index is 0.0584. The third-order valence-corrected chi connectivity index (χ3v) is 5.73. The molecule has 1 amide bonds. The Balaban J connectivity index is 1.39. The number of carbonyl (C=O) groups is 1. The van der Waals surface area contributed by atoms with E-state index in [1.54, 1.807) is 30.6 Å². The van der Waals surface area contributed by atoms with Crippen molar-refractivity contribution >= 4 is 17.5 Å². The first-order valence-corrected chi connectivity index (χ1v) is 11.0. The van der Waals surface area contributed by atoms with Gasteiger partial charge < -0.3 is 20.5 Å². The second-order valence-electron chi connectivity index (χ2n) is 8.24. The number of pyridine rings is 2. The van der Waals surface area contributed by atoms with Crippen LogP contribution in [0.5, 0.6) is 11.6 Å². The quantitative estimate of drug-likeness (QED) is 0.397. The predicted molar refractivity (Wildman–Crippen MR) is 123 cm³/mol. The van der Waals surface area contributed by atoms with Crippen molar-refractivity contribution < 1.29 is 23.0 Å². The third kappa shape index (κ3) is 4.70. The van der Waals surface area contributed by atoms with Gasteiger partial charge in [-0.05, 0) is 54.7 Å². The third-order valence-electron chi connectivity index (χ3n) is 5.73. The Labute approximate surface area is 198 Å². The van der Waals surface area contributed by atoms with Crippen LogP contribution >= 0.6 is 0 Å². The number of nitrogens with two attached hydrogens (primary N) is 1. The number of nitrogens with zero attached hydrogens (tertiary/aromatic N) is 4. The molecular formula is C24H22F2N6O3. The van der Waals surface area contributed by atoms with Crippen molar-refractivity contribution in [2.75, 3.05) is 19.5 Å². The summed E-state index contributed by atoms with van der Waals surface area (Å²) in [4.78, 5) is 21.4. The van der Waals surface area contributed by atoms with Crippen LogP contribution in [0, 0.1) is 17.6 Å². The van der Waals surface area contributed by atoms with Crippen molar-refractivity contribution in [2.45, 2.75) is 19.4 Å². The molecule has 0 saturated heterocycles. The van der Waals surface area contributed by atoms with Gasteiger partial charge in [-0.3, -0.25) is 4.79 Å². The molecule has 3 heterocycles. The summed E-state index contributed by atoms with van der Waals surface area (Å²) in [5.41, 5.74) is 7.58. The molecule has 1 saturated carbocycles. The van der Waals surface area contributed by atoms with E-state index in [-0.39, 0.29) is 35.2 Å². The molecule has 5 rings (SSSR count). The topological polar surface area (TPSA) is 117 Å². The van der Waals surface area contributed by atoms with E-state index in [1.165, 1.54) is 17.7 Å². The van der Waals surface area contributed by atoms with Crippen molar-refractivity contribution in [3.05, 3.63) is 65.5 Å². The Morgan fingerprint density at radius 2 is 2.06 bits per heavy atom. The predicted octanol–water partition coefficient (Wildman–Crippen LogP) is 3.38. The zero-order valence-corrected chi connectivity index (χ0v) is 18.8. The first kappa shape index (κ1) is 22.5.